The van der Waals surface area contributed by atoms with E-state index in [0.29, 0.717) is 15.8 Å². The van der Waals surface area contributed by atoms with Crippen LogP contribution in [0.1, 0.15) is 17.5 Å². The van der Waals surface area contributed by atoms with Gasteiger partial charge in [0.05, 0.1) is 11.4 Å². The Morgan fingerprint density at radius 2 is 1.70 bits per heavy atom. The van der Waals surface area contributed by atoms with Gasteiger partial charge < -0.3 is 4.90 Å². The zero-order valence-electron chi connectivity index (χ0n) is 17.7. The molecular weight excluding hydrogens is 516 g/mol. The van der Waals surface area contributed by atoms with E-state index in [2.05, 4.69) is 15.9 Å². The van der Waals surface area contributed by atoms with Gasteiger partial charge in [-0.05, 0) is 41.5 Å². The highest BCUT2D eigenvalue weighted by Gasteiger charge is 2.32. The Morgan fingerprint density at radius 1 is 1.00 bits per heavy atom. The predicted octanol–water partition coefficient (Wildman–Crippen LogP) is 6.27. The lowest BCUT2D eigenvalue weighted by molar-refractivity contribution is -0.123. The number of halogens is 1. The van der Waals surface area contributed by atoms with E-state index in [9.17, 15) is 9.59 Å². The highest BCUT2D eigenvalue weighted by Crippen LogP contribution is 2.33. The number of para-hydroxylation sites is 1. The molecule has 4 nitrogen and oxygen atoms in total. The Bertz CT molecular complexity index is 1200. The summed E-state index contributed by atoms with van der Waals surface area (Å²) < 4.78 is 1.42. The number of carbonyl (C=O) groups excluding carboxylic acids is 2. The zero-order chi connectivity index (χ0) is 23.2. The Balaban J connectivity index is 1.46. The second kappa shape index (κ2) is 10.9. The Morgan fingerprint density at radius 3 is 2.39 bits per heavy atom. The van der Waals surface area contributed by atoms with E-state index >= 15 is 0 Å². The predicted molar refractivity (Wildman–Crippen MR) is 143 cm³/mol. The van der Waals surface area contributed by atoms with Gasteiger partial charge in [-0.25, -0.2) is 0 Å². The molecule has 0 spiro atoms. The van der Waals surface area contributed by atoms with Gasteiger partial charge in [0.25, 0.3) is 5.91 Å². The molecule has 0 saturated carbocycles. The number of nitrogens with zero attached hydrogens (tertiary/aromatic N) is 2. The molecule has 33 heavy (non-hydrogen) atoms. The van der Waals surface area contributed by atoms with Gasteiger partial charge >= 0.3 is 0 Å². The van der Waals surface area contributed by atoms with Crippen LogP contribution in [0.4, 0.5) is 5.69 Å². The molecule has 0 atom stereocenters. The molecule has 7 heteroatoms. The molecule has 0 unspecified atom stereocenters. The number of carbonyl (C=O) groups is 2. The second-order valence-corrected chi connectivity index (χ2v) is 10.0. The van der Waals surface area contributed by atoms with Crippen molar-refractivity contribution < 1.29 is 9.59 Å². The van der Waals surface area contributed by atoms with Crippen LogP contribution in [0.15, 0.2) is 94.3 Å². The number of hydrogen-bond acceptors (Lipinski definition) is 4. The molecule has 1 aliphatic rings. The molecule has 0 bridgehead atoms. The van der Waals surface area contributed by atoms with Gasteiger partial charge in [0, 0.05) is 23.1 Å². The van der Waals surface area contributed by atoms with Crippen molar-refractivity contribution in [3.8, 4) is 0 Å². The Labute approximate surface area is 211 Å². The minimum absolute atomic E-state index is 0.0601. The third-order valence-electron chi connectivity index (χ3n) is 5.12. The largest absolute Gasteiger partial charge is 0.308 e. The maximum Gasteiger partial charge on any atom is 0.266 e. The molecular formula is C26H21BrN2O2S2. The Hall–Kier alpha value is -2.74. The first kappa shape index (κ1) is 23.4. The molecule has 1 heterocycles. The molecule has 0 N–H and O–H groups in total. The maximum absolute atomic E-state index is 13.2. The van der Waals surface area contributed by atoms with E-state index in [1.807, 2.05) is 91.0 Å². The molecule has 2 amide bonds. The van der Waals surface area contributed by atoms with E-state index < -0.39 is 0 Å². The molecule has 166 valence electrons. The van der Waals surface area contributed by atoms with Gasteiger partial charge in [0.1, 0.15) is 4.32 Å². The van der Waals surface area contributed by atoms with E-state index in [-0.39, 0.29) is 24.8 Å². The number of anilines is 1. The molecule has 1 fully saturated rings. The van der Waals surface area contributed by atoms with Gasteiger partial charge in [-0.15, -0.1) is 0 Å². The SMILES string of the molecule is O=C1/C(=C/c2cccc(Br)c2)SC(=S)N1CCC(=O)N(Cc1ccccc1)c1ccccc1. The van der Waals surface area contributed by atoms with E-state index in [1.54, 1.807) is 4.90 Å². The van der Waals surface area contributed by atoms with Crippen molar-refractivity contribution in [1.29, 1.82) is 0 Å². The van der Waals surface area contributed by atoms with Crippen LogP contribution in [0.25, 0.3) is 6.08 Å². The fraction of sp³-hybridized carbons (Fsp3) is 0.115. The van der Waals surface area contributed by atoms with Crippen molar-refractivity contribution in [2.24, 2.45) is 0 Å². The summed E-state index contributed by atoms with van der Waals surface area (Å²) in [6.07, 6.45) is 2.01. The quantitative estimate of drug-likeness (QED) is 0.263. The molecule has 0 aromatic heterocycles. The number of rotatable bonds is 7. The minimum atomic E-state index is -0.160. The molecule has 0 radical (unpaired) electrons. The van der Waals surface area contributed by atoms with E-state index in [1.165, 1.54) is 16.7 Å². The van der Waals surface area contributed by atoms with Crippen molar-refractivity contribution in [1.82, 2.24) is 4.90 Å². The van der Waals surface area contributed by atoms with Crippen molar-refractivity contribution in [3.05, 3.63) is 105 Å². The first-order valence-corrected chi connectivity index (χ1v) is 12.4. The second-order valence-electron chi connectivity index (χ2n) is 7.44. The van der Waals surface area contributed by atoms with Gasteiger partial charge in [-0.2, -0.15) is 0 Å². The standard InChI is InChI=1S/C26H21BrN2O2S2/c27-21-11-7-10-20(16-21)17-23-25(31)28(26(32)33-23)15-14-24(30)29(22-12-5-2-6-13-22)18-19-8-3-1-4-9-19/h1-13,16-17H,14-15,18H2/b23-17-. The van der Waals surface area contributed by atoms with Gasteiger partial charge in [0.2, 0.25) is 5.91 Å². The summed E-state index contributed by atoms with van der Waals surface area (Å²) >= 11 is 10.2. The van der Waals surface area contributed by atoms with Gasteiger partial charge in [0.15, 0.2) is 0 Å². The zero-order valence-corrected chi connectivity index (χ0v) is 20.9. The van der Waals surface area contributed by atoms with E-state index in [4.69, 9.17) is 12.2 Å². The number of benzene rings is 3. The molecule has 1 aliphatic heterocycles. The first-order chi connectivity index (χ1) is 16.0. The van der Waals surface area contributed by atoms with Crippen molar-refractivity contribution >= 4 is 67.8 Å². The van der Waals surface area contributed by atoms with Gasteiger partial charge in [-0.3, -0.25) is 14.5 Å². The maximum atomic E-state index is 13.2. The smallest absolute Gasteiger partial charge is 0.266 e. The molecule has 4 rings (SSSR count). The van der Waals surface area contributed by atoms with Crippen LogP contribution >= 0.6 is 39.9 Å². The molecule has 1 saturated heterocycles. The van der Waals surface area contributed by atoms with Crippen LogP contribution in [-0.4, -0.2) is 27.6 Å². The fourth-order valence-electron chi connectivity index (χ4n) is 3.48. The number of thiocarbonyl (C=S) groups is 1. The summed E-state index contributed by atoms with van der Waals surface area (Å²) in [6.45, 7) is 0.711. The Kier molecular flexibility index (Phi) is 7.75. The van der Waals surface area contributed by atoms with Crippen molar-refractivity contribution in [2.45, 2.75) is 13.0 Å². The summed E-state index contributed by atoms with van der Waals surface area (Å²) in [7, 11) is 0. The molecule has 0 aliphatic carbocycles. The monoisotopic (exact) mass is 536 g/mol. The fourth-order valence-corrected chi connectivity index (χ4v) is 5.21. The molecule has 3 aromatic rings. The summed E-state index contributed by atoms with van der Waals surface area (Å²) in [5.41, 5.74) is 2.78. The normalized spacial score (nSPS) is 14.7. The van der Waals surface area contributed by atoms with Crippen LogP contribution < -0.4 is 4.90 Å². The first-order valence-electron chi connectivity index (χ1n) is 10.4. The van der Waals surface area contributed by atoms with Crippen LogP contribution in [0, 0.1) is 0 Å². The minimum Gasteiger partial charge on any atom is -0.308 e. The van der Waals surface area contributed by atoms with Crippen molar-refractivity contribution in [2.75, 3.05) is 11.4 Å². The third kappa shape index (κ3) is 5.99. The number of amides is 2. The lowest BCUT2D eigenvalue weighted by Crippen LogP contribution is -2.36. The highest BCUT2D eigenvalue weighted by molar-refractivity contribution is 9.10. The number of hydrogen-bond donors (Lipinski definition) is 0. The summed E-state index contributed by atoms with van der Waals surface area (Å²) in [4.78, 5) is 30.0. The summed E-state index contributed by atoms with van der Waals surface area (Å²) in [6, 6.07) is 27.2. The average Bonchev–Trinajstić information content (AvgIpc) is 3.09. The lowest BCUT2D eigenvalue weighted by Gasteiger charge is -2.24. The average molecular weight is 538 g/mol. The highest BCUT2D eigenvalue weighted by atomic mass is 79.9. The lowest BCUT2D eigenvalue weighted by atomic mass is 10.1. The molecule has 3 aromatic carbocycles. The third-order valence-corrected chi connectivity index (χ3v) is 6.99. The van der Waals surface area contributed by atoms with Crippen LogP contribution in [0.2, 0.25) is 0 Å². The summed E-state index contributed by atoms with van der Waals surface area (Å²) in [5.74, 6) is -0.220. The van der Waals surface area contributed by atoms with E-state index in [0.717, 1.165) is 21.3 Å². The topological polar surface area (TPSA) is 40.6 Å². The number of thioether (sulfide) groups is 1. The van der Waals surface area contributed by atoms with Crippen LogP contribution in [0.5, 0.6) is 0 Å². The van der Waals surface area contributed by atoms with Gasteiger partial charge in [-0.1, -0.05) is 101 Å². The van der Waals surface area contributed by atoms with Crippen LogP contribution in [0.3, 0.4) is 0 Å². The van der Waals surface area contributed by atoms with Crippen molar-refractivity contribution in [3.63, 3.8) is 0 Å². The van der Waals surface area contributed by atoms with Crippen LogP contribution in [-0.2, 0) is 16.1 Å². The summed E-state index contributed by atoms with van der Waals surface area (Å²) in [5, 5.41) is 0.